The maximum absolute atomic E-state index is 12.2. The molecule has 100 valence electrons. The molecule has 1 atom stereocenters. The second-order valence-electron chi connectivity index (χ2n) is 4.21. The first-order valence-corrected chi connectivity index (χ1v) is 5.74. The van der Waals surface area contributed by atoms with Crippen molar-refractivity contribution in [3.05, 3.63) is 24.0 Å². The first-order chi connectivity index (χ1) is 8.22. The molecule has 0 saturated carbocycles. The first-order valence-electron chi connectivity index (χ1n) is 5.74. The molecule has 1 amide bonds. The summed E-state index contributed by atoms with van der Waals surface area (Å²) in [6.07, 6.45) is 5.20. The van der Waals surface area contributed by atoms with E-state index in [1.54, 1.807) is 24.3 Å². The molecule has 5 nitrogen and oxygen atoms in total. The van der Waals surface area contributed by atoms with Gasteiger partial charge in [-0.2, -0.15) is 0 Å². The summed E-state index contributed by atoms with van der Waals surface area (Å²) in [5, 5.41) is 0. The van der Waals surface area contributed by atoms with Gasteiger partial charge < -0.3 is 15.4 Å². The van der Waals surface area contributed by atoms with E-state index < -0.39 is 0 Å². The number of halogens is 1. The van der Waals surface area contributed by atoms with Gasteiger partial charge in [-0.15, -0.1) is 12.4 Å². The molecule has 0 spiro atoms. The average molecular weight is 272 g/mol. The highest BCUT2D eigenvalue weighted by atomic mass is 35.5. The van der Waals surface area contributed by atoms with Crippen molar-refractivity contribution >= 4 is 24.0 Å². The van der Waals surface area contributed by atoms with Crippen LogP contribution in [0.3, 0.4) is 0 Å². The zero-order chi connectivity index (χ0) is 12.3. The molecule has 0 aliphatic carbocycles. The van der Waals surface area contributed by atoms with Crippen LogP contribution >= 0.6 is 12.4 Å². The van der Waals surface area contributed by atoms with Crippen molar-refractivity contribution in [2.45, 2.75) is 18.9 Å². The van der Waals surface area contributed by atoms with Crippen molar-refractivity contribution in [3.63, 3.8) is 0 Å². The van der Waals surface area contributed by atoms with Gasteiger partial charge in [-0.3, -0.25) is 9.78 Å². The van der Waals surface area contributed by atoms with Crippen LogP contribution < -0.4 is 5.73 Å². The van der Waals surface area contributed by atoms with Gasteiger partial charge in [0.05, 0.1) is 11.7 Å². The Morgan fingerprint density at radius 2 is 2.39 bits per heavy atom. The molecule has 0 aromatic carbocycles. The second kappa shape index (κ2) is 6.56. The summed E-state index contributed by atoms with van der Waals surface area (Å²) in [4.78, 5) is 18.0. The zero-order valence-corrected chi connectivity index (χ0v) is 11.2. The van der Waals surface area contributed by atoms with Crippen LogP contribution in [0.1, 0.15) is 23.2 Å². The molecule has 1 fully saturated rings. The molecule has 0 radical (unpaired) electrons. The molecular weight excluding hydrogens is 254 g/mol. The standard InChI is InChI=1S/C12H17N3O2.ClH/c1-17-9-3-2-6-15(8-9)12(16)10-7-14-5-4-11(10)13;/h4-5,7,9H,2-3,6,8H2,1H3,(H2,13,14);1H. The maximum atomic E-state index is 12.2. The fourth-order valence-electron chi connectivity index (χ4n) is 2.07. The number of piperidine rings is 1. The summed E-state index contributed by atoms with van der Waals surface area (Å²) in [7, 11) is 1.68. The third-order valence-electron chi connectivity index (χ3n) is 3.08. The Morgan fingerprint density at radius 1 is 1.61 bits per heavy atom. The lowest BCUT2D eigenvalue weighted by Gasteiger charge is -2.32. The topological polar surface area (TPSA) is 68.5 Å². The van der Waals surface area contributed by atoms with Crippen LogP contribution in [0.15, 0.2) is 18.5 Å². The predicted octanol–water partition coefficient (Wildman–Crippen LogP) is 1.34. The first kappa shape index (κ1) is 14.7. The number of carbonyl (C=O) groups excluding carboxylic acids is 1. The third kappa shape index (κ3) is 3.11. The van der Waals surface area contributed by atoms with E-state index in [-0.39, 0.29) is 24.4 Å². The highest BCUT2D eigenvalue weighted by molar-refractivity contribution is 5.98. The molecule has 1 aromatic rings. The average Bonchev–Trinajstić information content (AvgIpc) is 2.38. The number of pyridine rings is 1. The molecule has 6 heteroatoms. The normalized spacial score (nSPS) is 19.2. The Bertz CT molecular complexity index is 414. The van der Waals surface area contributed by atoms with E-state index in [4.69, 9.17) is 10.5 Å². The van der Waals surface area contributed by atoms with Gasteiger partial charge in [0.2, 0.25) is 0 Å². The monoisotopic (exact) mass is 271 g/mol. The summed E-state index contributed by atoms with van der Waals surface area (Å²) in [5.74, 6) is -0.0580. The quantitative estimate of drug-likeness (QED) is 0.881. The van der Waals surface area contributed by atoms with Gasteiger partial charge in [-0.1, -0.05) is 0 Å². The number of hydrogen-bond acceptors (Lipinski definition) is 4. The van der Waals surface area contributed by atoms with Crippen LogP contribution in [-0.2, 0) is 4.74 Å². The maximum Gasteiger partial charge on any atom is 0.257 e. The molecule has 2 N–H and O–H groups in total. The van der Waals surface area contributed by atoms with Crippen LogP contribution in [-0.4, -0.2) is 42.1 Å². The van der Waals surface area contributed by atoms with Crippen molar-refractivity contribution in [2.75, 3.05) is 25.9 Å². The van der Waals surface area contributed by atoms with Crippen LogP contribution in [0, 0.1) is 0 Å². The molecule has 18 heavy (non-hydrogen) atoms. The Balaban J connectivity index is 0.00000162. The zero-order valence-electron chi connectivity index (χ0n) is 10.3. The third-order valence-corrected chi connectivity index (χ3v) is 3.08. The number of rotatable bonds is 2. The highest BCUT2D eigenvalue weighted by Gasteiger charge is 2.25. The van der Waals surface area contributed by atoms with E-state index in [0.29, 0.717) is 17.8 Å². The van der Waals surface area contributed by atoms with Gasteiger partial charge in [0, 0.05) is 38.3 Å². The lowest BCUT2D eigenvalue weighted by atomic mass is 10.1. The molecular formula is C12H18ClN3O2. The minimum Gasteiger partial charge on any atom is -0.398 e. The number of likely N-dealkylation sites (tertiary alicyclic amines) is 1. The van der Waals surface area contributed by atoms with E-state index in [0.717, 1.165) is 19.4 Å². The predicted molar refractivity (Wildman–Crippen MR) is 71.8 cm³/mol. The lowest BCUT2D eigenvalue weighted by molar-refractivity contribution is 0.0269. The van der Waals surface area contributed by atoms with E-state index >= 15 is 0 Å². The lowest BCUT2D eigenvalue weighted by Crippen LogP contribution is -2.43. The van der Waals surface area contributed by atoms with Gasteiger partial charge in [0.15, 0.2) is 0 Å². The Labute approximate surface area is 113 Å². The highest BCUT2D eigenvalue weighted by Crippen LogP contribution is 2.18. The molecule has 0 bridgehead atoms. The number of methoxy groups -OCH3 is 1. The fraction of sp³-hybridized carbons (Fsp3) is 0.500. The van der Waals surface area contributed by atoms with Crippen molar-refractivity contribution in [1.29, 1.82) is 0 Å². The van der Waals surface area contributed by atoms with Crippen molar-refractivity contribution in [2.24, 2.45) is 0 Å². The SMILES string of the molecule is COC1CCCN(C(=O)c2cnccc2N)C1.Cl. The molecule has 2 heterocycles. The van der Waals surface area contributed by atoms with Crippen LogP contribution in [0.25, 0.3) is 0 Å². The minimum atomic E-state index is -0.0580. The van der Waals surface area contributed by atoms with Gasteiger partial charge in [0.25, 0.3) is 5.91 Å². The number of nitrogens with two attached hydrogens (primary N) is 1. The molecule has 1 unspecified atom stereocenters. The number of nitrogens with zero attached hydrogens (tertiary/aromatic N) is 2. The smallest absolute Gasteiger partial charge is 0.257 e. The number of ether oxygens (including phenoxy) is 1. The Morgan fingerprint density at radius 3 is 3.06 bits per heavy atom. The largest absolute Gasteiger partial charge is 0.398 e. The van der Waals surface area contributed by atoms with E-state index in [1.165, 1.54) is 6.20 Å². The molecule has 1 aromatic heterocycles. The van der Waals surface area contributed by atoms with Crippen LogP contribution in [0.4, 0.5) is 5.69 Å². The Kier molecular flexibility index (Phi) is 5.37. The van der Waals surface area contributed by atoms with E-state index in [1.807, 2.05) is 0 Å². The summed E-state index contributed by atoms with van der Waals surface area (Å²) in [5.41, 5.74) is 6.73. The molecule has 1 aliphatic rings. The summed E-state index contributed by atoms with van der Waals surface area (Å²) in [6, 6.07) is 1.64. The van der Waals surface area contributed by atoms with Crippen LogP contribution in [0.5, 0.6) is 0 Å². The Hall–Kier alpha value is -1.33. The number of amides is 1. The number of anilines is 1. The van der Waals surface area contributed by atoms with Crippen molar-refractivity contribution in [3.8, 4) is 0 Å². The molecule has 1 saturated heterocycles. The second-order valence-corrected chi connectivity index (χ2v) is 4.21. The van der Waals surface area contributed by atoms with Crippen molar-refractivity contribution in [1.82, 2.24) is 9.88 Å². The van der Waals surface area contributed by atoms with Gasteiger partial charge >= 0.3 is 0 Å². The molecule has 1 aliphatic heterocycles. The fourth-order valence-corrected chi connectivity index (χ4v) is 2.07. The van der Waals surface area contributed by atoms with E-state index in [2.05, 4.69) is 4.98 Å². The number of hydrogen-bond donors (Lipinski definition) is 1. The minimum absolute atomic E-state index is 0. The number of aromatic nitrogens is 1. The summed E-state index contributed by atoms with van der Waals surface area (Å²) in [6.45, 7) is 1.39. The summed E-state index contributed by atoms with van der Waals surface area (Å²) < 4.78 is 5.30. The number of carbonyl (C=O) groups is 1. The number of nitrogen functional groups attached to an aromatic ring is 1. The van der Waals surface area contributed by atoms with Gasteiger partial charge in [0.1, 0.15) is 0 Å². The van der Waals surface area contributed by atoms with E-state index in [9.17, 15) is 4.79 Å². The van der Waals surface area contributed by atoms with Gasteiger partial charge in [-0.25, -0.2) is 0 Å². The van der Waals surface area contributed by atoms with Gasteiger partial charge in [-0.05, 0) is 18.9 Å². The molecule has 2 rings (SSSR count). The van der Waals surface area contributed by atoms with Crippen LogP contribution in [0.2, 0.25) is 0 Å². The summed E-state index contributed by atoms with van der Waals surface area (Å²) >= 11 is 0. The van der Waals surface area contributed by atoms with Crippen molar-refractivity contribution < 1.29 is 9.53 Å².